The van der Waals surface area contributed by atoms with Crippen LogP contribution in [0, 0.1) is 0 Å². The molecule has 10 heavy (non-hydrogen) atoms. The SMILES string of the molecule is CCCCC[C@@](C)(O)CN. The third-order valence-corrected chi connectivity index (χ3v) is 1.76. The van der Waals surface area contributed by atoms with Crippen LogP contribution in [0.4, 0.5) is 0 Å². The normalized spacial score (nSPS) is 16.8. The highest BCUT2D eigenvalue weighted by atomic mass is 16.3. The molecule has 0 bridgehead atoms. The van der Waals surface area contributed by atoms with Crippen molar-refractivity contribution in [3.8, 4) is 0 Å². The fraction of sp³-hybridized carbons (Fsp3) is 1.00. The molecule has 1 atom stereocenters. The van der Waals surface area contributed by atoms with Gasteiger partial charge in [0, 0.05) is 6.54 Å². The van der Waals surface area contributed by atoms with Gasteiger partial charge in [0.1, 0.15) is 0 Å². The van der Waals surface area contributed by atoms with Crippen molar-refractivity contribution in [2.45, 2.75) is 45.1 Å². The van der Waals surface area contributed by atoms with Crippen molar-refractivity contribution in [3.05, 3.63) is 0 Å². The zero-order valence-corrected chi connectivity index (χ0v) is 7.06. The Hall–Kier alpha value is -0.0800. The number of hydrogen-bond donors (Lipinski definition) is 2. The summed E-state index contributed by atoms with van der Waals surface area (Å²) in [5, 5.41) is 9.42. The van der Waals surface area contributed by atoms with Gasteiger partial charge >= 0.3 is 0 Å². The van der Waals surface area contributed by atoms with Gasteiger partial charge in [0.2, 0.25) is 0 Å². The Morgan fingerprint density at radius 3 is 2.40 bits per heavy atom. The van der Waals surface area contributed by atoms with Gasteiger partial charge in [-0.05, 0) is 13.3 Å². The number of rotatable bonds is 5. The Labute approximate surface area is 63.4 Å². The lowest BCUT2D eigenvalue weighted by molar-refractivity contribution is 0.0572. The topological polar surface area (TPSA) is 46.2 Å². The molecule has 3 N–H and O–H groups in total. The second-order valence-corrected chi connectivity index (χ2v) is 3.16. The van der Waals surface area contributed by atoms with Crippen LogP contribution >= 0.6 is 0 Å². The summed E-state index contributed by atoms with van der Waals surface area (Å²) in [6.45, 7) is 4.32. The summed E-state index contributed by atoms with van der Waals surface area (Å²) in [6.07, 6.45) is 4.30. The van der Waals surface area contributed by atoms with Gasteiger partial charge in [-0.1, -0.05) is 26.2 Å². The van der Waals surface area contributed by atoms with Gasteiger partial charge in [-0.25, -0.2) is 0 Å². The second-order valence-electron chi connectivity index (χ2n) is 3.16. The van der Waals surface area contributed by atoms with Gasteiger partial charge in [0.05, 0.1) is 5.60 Å². The predicted octanol–water partition coefficient (Wildman–Crippen LogP) is 1.28. The van der Waals surface area contributed by atoms with Crippen LogP contribution in [0.15, 0.2) is 0 Å². The van der Waals surface area contributed by atoms with Gasteiger partial charge in [-0.15, -0.1) is 0 Å². The van der Waals surface area contributed by atoms with E-state index in [1.165, 1.54) is 12.8 Å². The second kappa shape index (κ2) is 4.69. The molecule has 0 aliphatic rings. The van der Waals surface area contributed by atoms with Crippen LogP contribution in [-0.2, 0) is 0 Å². The minimum Gasteiger partial charge on any atom is -0.389 e. The Morgan fingerprint density at radius 2 is 2.00 bits per heavy atom. The molecule has 0 aliphatic heterocycles. The van der Waals surface area contributed by atoms with E-state index in [1.54, 1.807) is 6.92 Å². The standard InChI is InChI=1S/C8H19NO/c1-3-4-5-6-8(2,10)7-9/h10H,3-7,9H2,1-2H3/t8-/m1/s1. The van der Waals surface area contributed by atoms with Crippen LogP contribution in [-0.4, -0.2) is 17.3 Å². The largest absolute Gasteiger partial charge is 0.389 e. The molecule has 0 rings (SSSR count). The molecule has 0 heterocycles. The predicted molar refractivity (Wildman–Crippen MR) is 43.8 cm³/mol. The molecule has 0 spiro atoms. The van der Waals surface area contributed by atoms with E-state index in [0.717, 1.165) is 12.8 Å². The first-order valence-corrected chi connectivity index (χ1v) is 4.05. The maximum atomic E-state index is 9.42. The molecule has 0 amide bonds. The maximum absolute atomic E-state index is 9.42. The zero-order valence-electron chi connectivity index (χ0n) is 7.06. The Morgan fingerprint density at radius 1 is 1.40 bits per heavy atom. The third kappa shape index (κ3) is 4.77. The first kappa shape index (κ1) is 9.92. The van der Waals surface area contributed by atoms with Crippen LogP contribution in [0.2, 0.25) is 0 Å². The first-order chi connectivity index (χ1) is 4.62. The van der Waals surface area contributed by atoms with Crippen molar-refractivity contribution >= 4 is 0 Å². The van der Waals surface area contributed by atoms with E-state index >= 15 is 0 Å². The fourth-order valence-electron chi connectivity index (χ4n) is 0.858. The zero-order chi connectivity index (χ0) is 8.04. The summed E-state index contributed by atoms with van der Waals surface area (Å²) in [4.78, 5) is 0. The molecule has 0 radical (unpaired) electrons. The molecule has 0 saturated carbocycles. The first-order valence-electron chi connectivity index (χ1n) is 4.05. The van der Waals surface area contributed by atoms with Crippen molar-refractivity contribution < 1.29 is 5.11 Å². The van der Waals surface area contributed by atoms with Crippen molar-refractivity contribution in [3.63, 3.8) is 0 Å². The summed E-state index contributed by atoms with van der Waals surface area (Å²) in [5.74, 6) is 0. The van der Waals surface area contributed by atoms with Gasteiger partial charge < -0.3 is 10.8 Å². The molecule has 2 heteroatoms. The highest BCUT2D eigenvalue weighted by molar-refractivity contribution is 4.72. The molecule has 0 aliphatic carbocycles. The summed E-state index contributed by atoms with van der Waals surface area (Å²) in [7, 11) is 0. The Bertz CT molecular complexity index is 81.3. The lowest BCUT2D eigenvalue weighted by Crippen LogP contribution is -2.33. The Balaban J connectivity index is 3.28. The monoisotopic (exact) mass is 145 g/mol. The molecule has 0 unspecified atom stereocenters. The number of nitrogens with two attached hydrogens (primary N) is 1. The Kier molecular flexibility index (Phi) is 4.65. The van der Waals surface area contributed by atoms with E-state index in [0.29, 0.717) is 6.54 Å². The maximum Gasteiger partial charge on any atom is 0.0741 e. The molecule has 0 aromatic heterocycles. The number of aliphatic hydroxyl groups is 1. The van der Waals surface area contributed by atoms with Gasteiger partial charge in [-0.2, -0.15) is 0 Å². The van der Waals surface area contributed by atoms with E-state index in [4.69, 9.17) is 5.73 Å². The van der Waals surface area contributed by atoms with E-state index in [1.807, 2.05) is 0 Å². The van der Waals surface area contributed by atoms with E-state index < -0.39 is 5.60 Å². The van der Waals surface area contributed by atoms with Crippen LogP contribution in [0.3, 0.4) is 0 Å². The summed E-state index contributed by atoms with van der Waals surface area (Å²) < 4.78 is 0. The van der Waals surface area contributed by atoms with Crippen molar-refractivity contribution in [2.75, 3.05) is 6.54 Å². The van der Waals surface area contributed by atoms with Gasteiger partial charge in [-0.3, -0.25) is 0 Å². The summed E-state index contributed by atoms with van der Waals surface area (Å²) in [5.41, 5.74) is 4.71. The third-order valence-electron chi connectivity index (χ3n) is 1.76. The van der Waals surface area contributed by atoms with Crippen LogP contribution in [0.5, 0.6) is 0 Å². The van der Waals surface area contributed by atoms with Crippen molar-refractivity contribution in [1.82, 2.24) is 0 Å². The minimum absolute atomic E-state index is 0.372. The number of unbranched alkanes of at least 4 members (excludes halogenated alkanes) is 2. The van der Waals surface area contributed by atoms with Crippen LogP contribution in [0.25, 0.3) is 0 Å². The molecular weight excluding hydrogens is 126 g/mol. The molecule has 0 aromatic carbocycles. The molecule has 2 nitrogen and oxygen atoms in total. The highest BCUT2D eigenvalue weighted by Crippen LogP contribution is 2.12. The van der Waals surface area contributed by atoms with Crippen LogP contribution in [0.1, 0.15) is 39.5 Å². The van der Waals surface area contributed by atoms with Gasteiger partial charge in [0.25, 0.3) is 0 Å². The molecule has 62 valence electrons. The average molecular weight is 145 g/mol. The van der Waals surface area contributed by atoms with E-state index in [2.05, 4.69) is 6.92 Å². The highest BCUT2D eigenvalue weighted by Gasteiger charge is 2.16. The average Bonchev–Trinajstić information content (AvgIpc) is 1.89. The van der Waals surface area contributed by atoms with Gasteiger partial charge in [0.15, 0.2) is 0 Å². The lowest BCUT2D eigenvalue weighted by Gasteiger charge is -2.20. The van der Waals surface area contributed by atoms with Crippen molar-refractivity contribution in [2.24, 2.45) is 5.73 Å². The molecule has 0 fully saturated rings. The minimum atomic E-state index is -0.630. The van der Waals surface area contributed by atoms with Crippen LogP contribution < -0.4 is 5.73 Å². The number of hydrogen-bond acceptors (Lipinski definition) is 2. The van der Waals surface area contributed by atoms with E-state index in [-0.39, 0.29) is 0 Å². The summed E-state index contributed by atoms with van der Waals surface area (Å²) >= 11 is 0. The molecular formula is C8H19NO. The fourth-order valence-corrected chi connectivity index (χ4v) is 0.858. The molecule has 0 saturated heterocycles. The van der Waals surface area contributed by atoms with Crippen molar-refractivity contribution in [1.29, 1.82) is 0 Å². The summed E-state index contributed by atoms with van der Waals surface area (Å²) in [6, 6.07) is 0. The quantitative estimate of drug-likeness (QED) is 0.572. The smallest absolute Gasteiger partial charge is 0.0741 e. The van der Waals surface area contributed by atoms with E-state index in [9.17, 15) is 5.11 Å². The molecule has 0 aromatic rings. The lowest BCUT2D eigenvalue weighted by atomic mass is 9.99.